The van der Waals surface area contributed by atoms with Crippen LogP contribution in [0.25, 0.3) is 0 Å². The molecule has 3 nitrogen and oxygen atoms in total. The summed E-state index contributed by atoms with van der Waals surface area (Å²) in [6, 6.07) is 16.7. The van der Waals surface area contributed by atoms with Crippen LogP contribution in [-0.2, 0) is 0 Å². The first-order valence-electron chi connectivity index (χ1n) is 8.96. The highest BCUT2D eigenvalue weighted by molar-refractivity contribution is 6.05. The molecular formula is C22H22O3. The van der Waals surface area contributed by atoms with E-state index in [2.05, 4.69) is 0 Å². The van der Waals surface area contributed by atoms with Crippen molar-refractivity contribution in [2.75, 3.05) is 7.11 Å². The zero-order valence-corrected chi connectivity index (χ0v) is 14.4. The number of ketones is 2. The molecule has 2 bridgehead atoms. The lowest BCUT2D eigenvalue weighted by atomic mass is 9.72. The highest BCUT2D eigenvalue weighted by Crippen LogP contribution is 2.54. The Morgan fingerprint density at radius 3 is 1.84 bits per heavy atom. The van der Waals surface area contributed by atoms with Gasteiger partial charge >= 0.3 is 0 Å². The number of hydrogen-bond acceptors (Lipinski definition) is 3. The average molecular weight is 334 g/mol. The minimum atomic E-state index is -0.181. The summed E-state index contributed by atoms with van der Waals surface area (Å²) in [6.45, 7) is 0. The summed E-state index contributed by atoms with van der Waals surface area (Å²) in [7, 11) is 1.61. The molecule has 2 aliphatic rings. The smallest absolute Gasteiger partial charge is 0.166 e. The van der Waals surface area contributed by atoms with E-state index < -0.39 is 0 Å². The van der Waals surface area contributed by atoms with Gasteiger partial charge in [0, 0.05) is 23.0 Å². The fourth-order valence-electron chi connectivity index (χ4n) is 4.79. The molecule has 2 aliphatic carbocycles. The summed E-state index contributed by atoms with van der Waals surface area (Å²) in [5.41, 5.74) is 1.41. The van der Waals surface area contributed by atoms with Crippen molar-refractivity contribution in [2.45, 2.75) is 19.3 Å². The third kappa shape index (κ3) is 2.78. The largest absolute Gasteiger partial charge is 0.497 e. The van der Waals surface area contributed by atoms with E-state index in [0.29, 0.717) is 17.4 Å². The van der Waals surface area contributed by atoms with Crippen LogP contribution in [-0.4, -0.2) is 18.7 Å². The van der Waals surface area contributed by atoms with E-state index in [9.17, 15) is 9.59 Å². The zero-order chi connectivity index (χ0) is 17.4. The number of rotatable bonds is 5. The first kappa shape index (κ1) is 16.1. The van der Waals surface area contributed by atoms with Crippen LogP contribution < -0.4 is 4.74 Å². The summed E-state index contributed by atoms with van der Waals surface area (Å²) in [5.74, 6) is 1.34. The Hall–Kier alpha value is -2.42. The van der Waals surface area contributed by atoms with Gasteiger partial charge < -0.3 is 4.74 Å². The second kappa shape index (κ2) is 6.47. The van der Waals surface area contributed by atoms with E-state index >= 15 is 0 Å². The molecule has 25 heavy (non-hydrogen) atoms. The second-order valence-electron chi connectivity index (χ2n) is 7.21. The molecular weight excluding hydrogens is 312 g/mol. The maximum Gasteiger partial charge on any atom is 0.166 e. The van der Waals surface area contributed by atoms with Crippen LogP contribution in [0.15, 0.2) is 54.6 Å². The van der Waals surface area contributed by atoms with Gasteiger partial charge in [-0.05, 0) is 55.4 Å². The Bertz CT molecular complexity index is 779. The van der Waals surface area contributed by atoms with Crippen LogP contribution in [0.5, 0.6) is 5.75 Å². The van der Waals surface area contributed by atoms with Crippen LogP contribution in [0.4, 0.5) is 0 Å². The van der Waals surface area contributed by atoms with Crippen molar-refractivity contribution in [3.8, 4) is 5.75 Å². The number of Topliss-reactive ketones (excluding diaryl/α,β-unsaturated/α-hetero) is 2. The van der Waals surface area contributed by atoms with E-state index in [1.807, 2.05) is 54.6 Å². The van der Waals surface area contributed by atoms with Gasteiger partial charge in [0.25, 0.3) is 0 Å². The third-order valence-corrected chi connectivity index (χ3v) is 5.95. The topological polar surface area (TPSA) is 43.4 Å². The first-order chi connectivity index (χ1) is 12.2. The fraction of sp³-hybridized carbons (Fsp3) is 0.364. The van der Waals surface area contributed by atoms with E-state index in [1.54, 1.807) is 7.11 Å². The highest BCUT2D eigenvalue weighted by Gasteiger charge is 2.53. The predicted octanol–water partition coefficient (Wildman–Crippen LogP) is 4.42. The van der Waals surface area contributed by atoms with Gasteiger partial charge in [-0.1, -0.05) is 30.3 Å². The maximum atomic E-state index is 13.2. The fourth-order valence-corrected chi connectivity index (χ4v) is 4.79. The van der Waals surface area contributed by atoms with Gasteiger partial charge in [-0.25, -0.2) is 0 Å². The van der Waals surface area contributed by atoms with Crippen LogP contribution in [0, 0.1) is 23.7 Å². The molecule has 2 aromatic rings. The molecule has 2 saturated carbocycles. The zero-order valence-electron chi connectivity index (χ0n) is 14.4. The molecule has 2 aromatic carbocycles. The van der Waals surface area contributed by atoms with Gasteiger partial charge in [0.15, 0.2) is 11.6 Å². The average Bonchev–Trinajstić information content (AvgIpc) is 3.29. The molecule has 4 atom stereocenters. The van der Waals surface area contributed by atoms with Crippen molar-refractivity contribution < 1.29 is 14.3 Å². The van der Waals surface area contributed by atoms with Crippen molar-refractivity contribution in [2.24, 2.45) is 23.7 Å². The molecule has 0 amide bonds. The van der Waals surface area contributed by atoms with Gasteiger partial charge in [0.05, 0.1) is 7.11 Å². The third-order valence-electron chi connectivity index (χ3n) is 5.95. The number of ether oxygens (including phenoxy) is 1. The van der Waals surface area contributed by atoms with Crippen LogP contribution in [0.1, 0.15) is 40.0 Å². The predicted molar refractivity (Wildman–Crippen MR) is 95.9 cm³/mol. The number of benzene rings is 2. The minimum absolute atomic E-state index is 0.115. The van der Waals surface area contributed by atoms with Crippen LogP contribution in [0.3, 0.4) is 0 Å². The monoisotopic (exact) mass is 334 g/mol. The van der Waals surface area contributed by atoms with Gasteiger partial charge in [0.2, 0.25) is 0 Å². The SMILES string of the molecule is COc1ccc(C(=O)[C@H]2[C@@H]3CC[C@@H](C3)[C@H]2C(=O)c2ccccc2)cc1. The summed E-state index contributed by atoms with van der Waals surface area (Å²) >= 11 is 0. The summed E-state index contributed by atoms with van der Waals surface area (Å²) in [5, 5.41) is 0. The molecule has 0 unspecified atom stereocenters. The lowest BCUT2D eigenvalue weighted by Gasteiger charge is -2.29. The van der Waals surface area contributed by atoms with Crippen molar-refractivity contribution in [1.82, 2.24) is 0 Å². The standard InChI is InChI=1S/C22H22O3/c1-25-18-11-9-15(10-12-18)22(24)20-17-8-7-16(13-17)19(20)21(23)14-5-3-2-4-6-14/h2-6,9-12,16-17,19-20H,7-8,13H2,1H3/t16-,17+,19+,20-/m0/s1. The first-order valence-corrected chi connectivity index (χ1v) is 8.96. The van der Waals surface area contributed by atoms with Crippen molar-refractivity contribution in [3.63, 3.8) is 0 Å². The van der Waals surface area contributed by atoms with Crippen molar-refractivity contribution >= 4 is 11.6 Å². The molecule has 0 N–H and O–H groups in total. The van der Waals surface area contributed by atoms with Crippen LogP contribution >= 0.6 is 0 Å². The van der Waals surface area contributed by atoms with Gasteiger partial charge in [-0.15, -0.1) is 0 Å². The summed E-state index contributed by atoms with van der Waals surface area (Å²) in [4.78, 5) is 26.3. The number of methoxy groups -OCH3 is 1. The summed E-state index contributed by atoms with van der Waals surface area (Å²) < 4.78 is 5.18. The molecule has 0 radical (unpaired) electrons. The van der Waals surface area contributed by atoms with Crippen molar-refractivity contribution in [1.29, 1.82) is 0 Å². The lowest BCUT2D eigenvalue weighted by Crippen LogP contribution is -2.35. The summed E-state index contributed by atoms with van der Waals surface area (Å²) in [6.07, 6.45) is 3.14. The molecule has 0 aromatic heterocycles. The molecule has 0 saturated heterocycles. The number of carbonyl (C=O) groups is 2. The molecule has 0 heterocycles. The van der Waals surface area contributed by atoms with Crippen LogP contribution in [0.2, 0.25) is 0 Å². The normalized spacial score (nSPS) is 27.2. The van der Waals surface area contributed by atoms with E-state index in [-0.39, 0.29) is 23.4 Å². The Kier molecular flexibility index (Phi) is 4.16. The van der Waals surface area contributed by atoms with E-state index in [4.69, 9.17) is 4.74 Å². The Balaban J connectivity index is 1.64. The second-order valence-corrected chi connectivity index (χ2v) is 7.21. The molecule has 4 rings (SSSR count). The minimum Gasteiger partial charge on any atom is -0.497 e. The van der Waals surface area contributed by atoms with E-state index in [1.165, 1.54) is 0 Å². The Morgan fingerprint density at radius 1 is 0.800 bits per heavy atom. The highest BCUT2D eigenvalue weighted by atomic mass is 16.5. The van der Waals surface area contributed by atoms with Gasteiger partial charge in [-0.2, -0.15) is 0 Å². The number of hydrogen-bond donors (Lipinski definition) is 0. The molecule has 3 heteroatoms. The lowest BCUT2D eigenvalue weighted by molar-refractivity contribution is 0.0694. The number of fused-ring (bicyclic) bond motifs is 2. The molecule has 2 fully saturated rings. The molecule has 128 valence electrons. The Morgan fingerprint density at radius 2 is 1.32 bits per heavy atom. The maximum absolute atomic E-state index is 13.2. The number of carbonyl (C=O) groups excluding carboxylic acids is 2. The molecule has 0 aliphatic heterocycles. The van der Waals surface area contributed by atoms with Crippen molar-refractivity contribution in [3.05, 3.63) is 65.7 Å². The molecule has 0 spiro atoms. The van der Waals surface area contributed by atoms with Gasteiger partial charge in [-0.3, -0.25) is 9.59 Å². The quantitative estimate of drug-likeness (QED) is 0.760. The Labute approximate surface area is 148 Å². The van der Waals surface area contributed by atoms with Gasteiger partial charge in [0.1, 0.15) is 5.75 Å². The van der Waals surface area contributed by atoms with E-state index in [0.717, 1.165) is 30.6 Å².